The molecule has 2 fully saturated rings. The van der Waals surface area contributed by atoms with Crippen LogP contribution in [0.5, 0.6) is 0 Å². The van der Waals surface area contributed by atoms with Crippen LogP contribution in [0.3, 0.4) is 0 Å². The van der Waals surface area contributed by atoms with Gasteiger partial charge in [-0.2, -0.15) is 0 Å². The smallest absolute Gasteiger partial charge is 0.134 e. The molecule has 4 rings (SSSR count). The third-order valence-corrected chi connectivity index (χ3v) is 9.18. The van der Waals surface area contributed by atoms with Crippen molar-refractivity contribution in [2.45, 2.75) is 109 Å². The first-order valence-electron chi connectivity index (χ1n) is 14.3. The second kappa shape index (κ2) is 13.2. The molecule has 2 aliphatic rings. The van der Waals surface area contributed by atoms with Crippen LogP contribution in [0.1, 0.15) is 115 Å². The second-order valence-electron chi connectivity index (χ2n) is 11.4. The minimum absolute atomic E-state index is 0.0507. The van der Waals surface area contributed by atoms with Gasteiger partial charge in [-0.3, -0.25) is 0 Å². The van der Waals surface area contributed by atoms with Gasteiger partial charge in [0.05, 0.1) is 5.56 Å². The first kappa shape index (κ1) is 26.6. The Bertz CT molecular complexity index is 883. The Balaban J connectivity index is 1.20. The molecule has 0 spiro atoms. The Labute approximate surface area is 216 Å². The van der Waals surface area contributed by atoms with Gasteiger partial charge < -0.3 is 0 Å². The molecule has 0 bridgehead atoms. The van der Waals surface area contributed by atoms with E-state index in [0.29, 0.717) is 10.6 Å². The highest BCUT2D eigenvalue weighted by molar-refractivity contribution is 6.30. The van der Waals surface area contributed by atoms with E-state index in [2.05, 4.69) is 6.92 Å². The normalized spacial score (nSPS) is 25.0. The number of unbranched alkanes of at least 4 members (excludes halogenated alkanes) is 3. The largest absolute Gasteiger partial charge is 0.206 e. The maximum absolute atomic E-state index is 14.9. The Morgan fingerprint density at radius 1 is 0.686 bits per heavy atom. The molecule has 0 amide bonds. The lowest BCUT2D eigenvalue weighted by Gasteiger charge is -2.32. The molecule has 0 radical (unpaired) electrons. The van der Waals surface area contributed by atoms with Gasteiger partial charge in [-0.1, -0.05) is 101 Å². The molecule has 0 atom stereocenters. The van der Waals surface area contributed by atoms with E-state index in [-0.39, 0.29) is 11.5 Å². The topological polar surface area (TPSA) is 0 Å². The lowest BCUT2D eigenvalue weighted by Crippen LogP contribution is -2.18. The minimum Gasteiger partial charge on any atom is -0.206 e. The summed E-state index contributed by atoms with van der Waals surface area (Å²) in [5.41, 5.74) is 1.41. The zero-order valence-electron chi connectivity index (χ0n) is 21.5. The molecular formula is C32H43ClF2. The maximum atomic E-state index is 14.9. The molecule has 0 N–H and O–H groups in total. The van der Waals surface area contributed by atoms with Crippen LogP contribution in [0, 0.1) is 29.4 Å². The number of hydrogen-bond donors (Lipinski definition) is 0. The summed E-state index contributed by atoms with van der Waals surface area (Å²) in [7, 11) is 0. The second-order valence-corrected chi connectivity index (χ2v) is 11.8. The van der Waals surface area contributed by atoms with Gasteiger partial charge in [-0.25, -0.2) is 8.78 Å². The molecule has 2 aliphatic carbocycles. The highest BCUT2D eigenvalue weighted by Gasteiger charge is 2.26. The summed E-state index contributed by atoms with van der Waals surface area (Å²) < 4.78 is 29.8. The van der Waals surface area contributed by atoms with Gasteiger partial charge in [0.15, 0.2) is 0 Å². The van der Waals surface area contributed by atoms with E-state index in [9.17, 15) is 8.78 Å². The summed E-state index contributed by atoms with van der Waals surface area (Å²) in [5, 5.41) is 0.563. The molecule has 192 valence electrons. The van der Waals surface area contributed by atoms with Crippen molar-refractivity contribution in [1.82, 2.24) is 0 Å². The summed E-state index contributed by atoms with van der Waals surface area (Å²) in [4.78, 5) is 0. The van der Waals surface area contributed by atoms with Crippen molar-refractivity contribution in [1.29, 1.82) is 0 Å². The quantitative estimate of drug-likeness (QED) is 0.284. The number of hydrogen-bond acceptors (Lipinski definition) is 0. The van der Waals surface area contributed by atoms with Gasteiger partial charge >= 0.3 is 0 Å². The average Bonchev–Trinajstić information content (AvgIpc) is 2.87. The Kier molecular flexibility index (Phi) is 10.1. The first-order chi connectivity index (χ1) is 17.0. The van der Waals surface area contributed by atoms with Gasteiger partial charge in [0.25, 0.3) is 0 Å². The summed E-state index contributed by atoms with van der Waals surface area (Å²) in [6.07, 6.45) is 20.0. The van der Waals surface area contributed by atoms with Crippen LogP contribution in [-0.2, 0) is 0 Å². The standard InChI is InChI=1S/C32H43ClF2/c1-2-3-4-5-6-23-7-9-24(10-8-23)11-12-25-13-15-26(16-14-25)28-21-30(34)32(31(35)22-28)27-17-19-29(33)20-18-27/h17-26H,2-16H2,1H3/t23-,24-,25-,26-. The van der Waals surface area contributed by atoms with Crippen molar-refractivity contribution >= 4 is 11.6 Å². The summed E-state index contributed by atoms with van der Waals surface area (Å²) in [5.74, 6) is 2.06. The van der Waals surface area contributed by atoms with E-state index in [0.717, 1.165) is 36.2 Å². The van der Waals surface area contributed by atoms with Crippen LogP contribution in [-0.4, -0.2) is 0 Å². The van der Waals surface area contributed by atoms with E-state index in [4.69, 9.17) is 11.6 Å². The van der Waals surface area contributed by atoms with Crippen LogP contribution in [0.15, 0.2) is 36.4 Å². The van der Waals surface area contributed by atoms with Gasteiger partial charge in [-0.15, -0.1) is 0 Å². The lowest BCUT2D eigenvalue weighted by atomic mass is 9.74. The Hall–Kier alpha value is -1.41. The van der Waals surface area contributed by atoms with Crippen LogP contribution in [0.4, 0.5) is 8.78 Å². The summed E-state index contributed by atoms with van der Waals surface area (Å²) >= 11 is 5.93. The minimum atomic E-state index is -0.467. The molecule has 2 aromatic rings. The number of benzene rings is 2. The maximum Gasteiger partial charge on any atom is 0.134 e. The van der Waals surface area contributed by atoms with E-state index >= 15 is 0 Å². The van der Waals surface area contributed by atoms with Gasteiger partial charge in [0.2, 0.25) is 0 Å². The predicted octanol–water partition coefficient (Wildman–Crippen LogP) is 11.1. The van der Waals surface area contributed by atoms with Crippen molar-refractivity contribution in [3.8, 4) is 11.1 Å². The third-order valence-electron chi connectivity index (χ3n) is 8.93. The first-order valence-corrected chi connectivity index (χ1v) is 14.7. The summed E-state index contributed by atoms with van der Waals surface area (Å²) in [6.45, 7) is 2.29. The monoisotopic (exact) mass is 500 g/mol. The molecule has 2 aromatic carbocycles. The fourth-order valence-electron chi connectivity index (χ4n) is 6.65. The van der Waals surface area contributed by atoms with Crippen LogP contribution < -0.4 is 0 Å². The highest BCUT2D eigenvalue weighted by atomic mass is 35.5. The fraction of sp³-hybridized carbons (Fsp3) is 0.625. The van der Waals surface area contributed by atoms with Crippen LogP contribution in [0.25, 0.3) is 11.1 Å². The Morgan fingerprint density at radius 3 is 1.74 bits per heavy atom. The van der Waals surface area contributed by atoms with E-state index < -0.39 is 11.6 Å². The molecule has 0 aromatic heterocycles. The molecule has 3 heteroatoms. The van der Waals surface area contributed by atoms with Gasteiger partial charge in [-0.05, 0) is 84.7 Å². The van der Waals surface area contributed by atoms with Crippen molar-refractivity contribution in [2.75, 3.05) is 0 Å². The third kappa shape index (κ3) is 7.54. The molecule has 0 aliphatic heterocycles. The van der Waals surface area contributed by atoms with Crippen molar-refractivity contribution in [3.05, 3.63) is 58.6 Å². The molecule has 0 unspecified atom stereocenters. The average molecular weight is 501 g/mol. The predicted molar refractivity (Wildman–Crippen MR) is 145 cm³/mol. The number of rotatable bonds is 10. The zero-order chi connectivity index (χ0) is 24.6. The van der Waals surface area contributed by atoms with Crippen molar-refractivity contribution in [3.63, 3.8) is 0 Å². The molecular weight excluding hydrogens is 458 g/mol. The lowest BCUT2D eigenvalue weighted by molar-refractivity contribution is 0.222. The number of halogens is 3. The fourth-order valence-corrected chi connectivity index (χ4v) is 6.77. The highest BCUT2D eigenvalue weighted by Crippen LogP contribution is 2.41. The molecule has 0 heterocycles. The van der Waals surface area contributed by atoms with Gasteiger partial charge in [0, 0.05) is 5.02 Å². The van der Waals surface area contributed by atoms with E-state index in [1.54, 1.807) is 36.4 Å². The van der Waals surface area contributed by atoms with E-state index in [1.807, 2.05) is 0 Å². The Morgan fingerprint density at radius 2 is 1.20 bits per heavy atom. The van der Waals surface area contributed by atoms with Crippen molar-refractivity contribution in [2.24, 2.45) is 17.8 Å². The molecule has 2 saturated carbocycles. The molecule has 0 saturated heterocycles. The van der Waals surface area contributed by atoms with Gasteiger partial charge in [0.1, 0.15) is 11.6 Å². The summed E-state index contributed by atoms with van der Waals surface area (Å²) in [6, 6.07) is 9.83. The van der Waals surface area contributed by atoms with E-state index in [1.165, 1.54) is 83.5 Å². The van der Waals surface area contributed by atoms with Crippen LogP contribution in [0.2, 0.25) is 5.02 Å². The molecule has 0 nitrogen and oxygen atoms in total. The zero-order valence-corrected chi connectivity index (χ0v) is 22.3. The SMILES string of the molecule is CCCCCC[C@H]1CC[C@H](CC[C@H]2CC[C@H](c3cc(F)c(-c4ccc(Cl)cc4)c(F)c3)CC2)CC1. The van der Waals surface area contributed by atoms with Crippen LogP contribution >= 0.6 is 11.6 Å². The van der Waals surface area contributed by atoms with Crippen molar-refractivity contribution < 1.29 is 8.78 Å². The molecule has 35 heavy (non-hydrogen) atoms.